The summed E-state index contributed by atoms with van der Waals surface area (Å²) in [6, 6.07) is 7.59. The van der Waals surface area contributed by atoms with Crippen LogP contribution in [0.2, 0.25) is 10.0 Å². The first-order valence-corrected chi connectivity index (χ1v) is 12.4. The highest BCUT2D eigenvalue weighted by Gasteiger charge is 2.31. The van der Waals surface area contributed by atoms with Crippen molar-refractivity contribution in [2.45, 2.75) is 25.7 Å². The molecule has 6 nitrogen and oxygen atoms in total. The Balaban J connectivity index is 1.34. The molecule has 3 aromatic rings. The van der Waals surface area contributed by atoms with Crippen LogP contribution in [-0.4, -0.2) is 42.3 Å². The summed E-state index contributed by atoms with van der Waals surface area (Å²) in [4.78, 5) is 16.1. The van der Waals surface area contributed by atoms with E-state index in [4.69, 9.17) is 35.4 Å². The van der Waals surface area contributed by atoms with Crippen LogP contribution in [-0.2, 0) is 11.2 Å². The number of hydrogen-bond donors (Lipinski definition) is 1. The van der Waals surface area contributed by atoms with Crippen molar-refractivity contribution in [3.05, 3.63) is 55.3 Å². The summed E-state index contributed by atoms with van der Waals surface area (Å²) < 4.78 is 0.607. The predicted octanol–water partition coefficient (Wildman–Crippen LogP) is 5.85. The summed E-state index contributed by atoms with van der Waals surface area (Å²) in [5.74, 6) is 0.683. The molecule has 3 heterocycles. The number of aryl methyl sites for hydroxylation is 1. The van der Waals surface area contributed by atoms with E-state index in [0.717, 1.165) is 41.7 Å². The van der Waals surface area contributed by atoms with Crippen LogP contribution in [0.5, 0.6) is 0 Å². The number of nitrogens with one attached hydrogen (secondary N) is 1. The number of benzene rings is 1. The summed E-state index contributed by atoms with van der Waals surface area (Å²) in [5.41, 5.74) is 2.02. The van der Waals surface area contributed by atoms with Crippen LogP contribution in [0, 0.1) is 0 Å². The SMILES string of the molecule is O=C1/C(=C/c2cc(-c3ccc(Cl)c(Cl)c3)cs2)SC(=S)N1CCCCCc1nn[nH]n1. The number of aromatic nitrogens is 4. The van der Waals surface area contributed by atoms with E-state index < -0.39 is 0 Å². The van der Waals surface area contributed by atoms with Gasteiger partial charge in [-0.1, -0.05) is 64.9 Å². The van der Waals surface area contributed by atoms with E-state index in [2.05, 4.69) is 20.6 Å². The zero-order valence-electron chi connectivity index (χ0n) is 16.2. The molecule has 1 amide bonds. The van der Waals surface area contributed by atoms with Crippen LogP contribution in [0.4, 0.5) is 0 Å². The summed E-state index contributed by atoms with van der Waals surface area (Å²) in [6.45, 7) is 0.618. The first-order chi connectivity index (χ1) is 15.0. The number of H-pyrrole nitrogens is 1. The van der Waals surface area contributed by atoms with Gasteiger partial charge in [-0.05, 0) is 53.6 Å². The molecule has 31 heavy (non-hydrogen) atoms. The molecule has 1 N–H and O–H groups in total. The minimum Gasteiger partial charge on any atom is -0.293 e. The van der Waals surface area contributed by atoms with Gasteiger partial charge in [-0.3, -0.25) is 9.69 Å². The minimum absolute atomic E-state index is 0.0299. The number of unbranched alkanes of at least 4 members (excludes halogenated alkanes) is 2. The maximum atomic E-state index is 12.8. The van der Waals surface area contributed by atoms with Crippen molar-refractivity contribution in [2.24, 2.45) is 0 Å². The lowest BCUT2D eigenvalue weighted by molar-refractivity contribution is -0.122. The molecule has 1 fully saturated rings. The smallest absolute Gasteiger partial charge is 0.266 e. The van der Waals surface area contributed by atoms with Crippen LogP contribution in [0.1, 0.15) is 30.0 Å². The number of carbonyl (C=O) groups excluding carboxylic acids is 1. The van der Waals surface area contributed by atoms with Gasteiger partial charge in [0.1, 0.15) is 4.32 Å². The topological polar surface area (TPSA) is 74.8 Å². The number of thioether (sulfide) groups is 1. The second kappa shape index (κ2) is 10.2. The third-order valence-electron chi connectivity index (χ3n) is 4.69. The Labute approximate surface area is 203 Å². The van der Waals surface area contributed by atoms with Crippen molar-refractivity contribution in [2.75, 3.05) is 6.54 Å². The maximum absolute atomic E-state index is 12.8. The minimum atomic E-state index is -0.0299. The van der Waals surface area contributed by atoms with Gasteiger partial charge in [0.15, 0.2) is 5.82 Å². The molecular formula is C20H17Cl2N5OS3. The summed E-state index contributed by atoms with van der Waals surface area (Å²) in [7, 11) is 0. The molecule has 160 valence electrons. The number of nitrogens with zero attached hydrogens (tertiary/aromatic N) is 4. The van der Waals surface area contributed by atoms with Gasteiger partial charge in [-0.2, -0.15) is 5.21 Å². The molecule has 0 atom stereocenters. The van der Waals surface area contributed by atoms with Gasteiger partial charge in [0.05, 0.1) is 15.0 Å². The molecule has 1 aliphatic heterocycles. The standard InChI is InChI=1S/C20H17Cl2N5OS3/c21-15-6-5-12(9-16(15)22)13-8-14(30-11-13)10-17-19(28)27(20(29)31-17)7-3-1-2-4-18-23-25-26-24-18/h5-6,8-11H,1-4,7H2,(H,23,24,25,26)/b17-10-. The number of hydrogen-bond acceptors (Lipinski definition) is 7. The van der Waals surface area contributed by atoms with Gasteiger partial charge < -0.3 is 0 Å². The molecule has 2 aromatic heterocycles. The van der Waals surface area contributed by atoms with Gasteiger partial charge >= 0.3 is 0 Å². The molecule has 4 rings (SSSR count). The van der Waals surface area contributed by atoms with E-state index in [1.807, 2.05) is 29.7 Å². The number of amides is 1. The van der Waals surface area contributed by atoms with Crippen molar-refractivity contribution in [1.82, 2.24) is 25.5 Å². The summed E-state index contributed by atoms with van der Waals surface area (Å²) in [6.07, 6.45) is 5.45. The number of carbonyl (C=O) groups is 1. The molecule has 0 bridgehead atoms. The van der Waals surface area contributed by atoms with E-state index >= 15 is 0 Å². The third-order valence-corrected chi connectivity index (χ3v) is 7.69. The largest absolute Gasteiger partial charge is 0.293 e. The van der Waals surface area contributed by atoms with Gasteiger partial charge in [-0.25, -0.2) is 0 Å². The van der Waals surface area contributed by atoms with Crippen LogP contribution in [0.15, 0.2) is 34.6 Å². The zero-order chi connectivity index (χ0) is 21.8. The van der Waals surface area contributed by atoms with E-state index in [0.29, 0.717) is 31.6 Å². The Morgan fingerprint density at radius 2 is 2.00 bits per heavy atom. The number of thiophene rings is 1. The lowest BCUT2D eigenvalue weighted by atomic mass is 10.1. The molecule has 11 heteroatoms. The van der Waals surface area contributed by atoms with Crippen LogP contribution >= 0.6 is 58.5 Å². The Morgan fingerprint density at radius 1 is 1.13 bits per heavy atom. The fraction of sp³-hybridized carbons (Fsp3) is 0.250. The van der Waals surface area contributed by atoms with Crippen LogP contribution in [0.3, 0.4) is 0 Å². The molecule has 1 saturated heterocycles. The van der Waals surface area contributed by atoms with Crippen molar-refractivity contribution in [1.29, 1.82) is 0 Å². The van der Waals surface area contributed by atoms with E-state index in [1.54, 1.807) is 22.3 Å². The quantitative estimate of drug-likeness (QED) is 0.233. The fourth-order valence-electron chi connectivity index (χ4n) is 3.10. The molecule has 0 unspecified atom stereocenters. The van der Waals surface area contributed by atoms with Crippen LogP contribution in [0.25, 0.3) is 17.2 Å². The van der Waals surface area contributed by atoms with Gasteiger partial charge in [0.2, 0.25) is 0 Å². The maximum Gasteiger partial charge on any atom is 0.266 e. The predicted molar refractivity (Wildman–Crippen MR) is 131 cm³/mol. The Bertz CT molecular complexity index is 1130. The molecule has 0 spiro atoms. The van der Waals surface area contributed by atoms with Crippen molar-refractivity contribution in [3.63, 3.8) is 0 Å². The Kier molecular flexibility index (Phi) is 7.39. The molecular weight excluding hydrogens is 493 g/mol. The second-order valence-electron chi connectivity index (χ2n) is 6.84. The first-order valence-electron chi connectivity index (χ1n) is 9.53. The fourth-order valence-corrected chi connectivity index (χ4v) is 5.62. The number of rotatable bonds is 8. The summed E-state index contributed by atoms with van der Waals surface area (Å²) in [5, 5.41) is 17.0. The molecule has 0 aliphatic carbocycles. The molecule has 1 aromatic carbocycles. The van der Waals surface area contributed by atoms with Crippen LogP contribution < -0.4 is 0 Å². The van der Waals surface area contributed by atoms with E-state index in [1.165, 1.54) is 11.8 Å². The number of tetrazole rings is 1. The summed E-state index contributed by atoms with van der Waals surface area (Å²) >= 11 is 20.5. The van der Waals surface area contributed by atoms with Crippen molar-refractivity contribution in [3.8, 4) is 11.1 Å². The van der Waals surface area contributed by atoms with Gasteiger partial charge in [-0.15, -0.1) is 21.5 Å². The normalized spacial score (nSPS) is 15.4. The Hall–Kier alpha value is -1.78. The third kappa shape index (κ3) is 5.53. The van der Waals surface area contributed by atoms with Crippen molar-refractivity contribution < 1.29 is 4.79 Å². The van der Waals surface area contributed by atoms with Gasteiger partial charge in [0.25, 0.3) is 5.91 Å². The molecule has 0 radical (unpaired) electrons. The first kappa shape index (κ1) is 22.4. The second-order valence-corrected chi connectivity index (χ2v) is 10.3. The molecule has 1 aliphatic rings. The number of halogens is 2. The number of thiocarbonyl (C=S) groups is 1. The number of aromatic amines is 1. The highest BCUT2D eigenvalue weighted by molar-refractivity contribution is 8.26. The lowest BCUT2D eigenvalue weighted by Gasteiger charge is -2.13. The lowest BCUT2D eigenvalue weighted by Crippen LogP contribution is -2.29. The van der Waals surface area contributed by atoms with E-state index in [9.17, 15) is 4.79 Å². The Morgan fingerprint density at radius 3 is 2.77 bits per heavy atom. The van der Waals surface area contributed by atoms with E-state index in [-0.39, 0.29) is 5.91 Å². The average Bonchev–Trinajstić information content (AvgIpc) is 3.48. The van der Waals surface area contributed by atoms with Crippen molar-refractivity contribution >= 4 is 74.8 Å². The molecule has 0 saturated carbocycles. The highest BCUT2D eigenvalue weighted by atomic mass is 35.5. The van der Waals surface area contributed by atoms with Gasteiger partial charge in [0, 0.05) is 17.8 Å². The highest BCUT2D eigenvalue weighted by Crippen LogP contribution is 2.36. The monoisotopic (exact) mass is 509 g/mol. The average molecular weight is 510 g/mol. The zero-order valence-corrected chi connectivity index (χ0v) is 20.1.